The summed E-state index contributed by atoms with van der Waals surface area (Å²) >= 11 is 0. The highest BCUT2D eigenvalue weighted by atomic mass is 19.1. The van der Waals surface area contributed by atoms with E-state index in [1.165, 1.54) is 0 Å². The van der Waals surface area contributed by atoms with Crippen LogP contribution < -0.4 is 5.32 Å². The number of ether oxygens (including phenoxy) is 1. The van der Waals surface area contributed by atoms with Gasteiger partial charge in [-0.2, -0.15) is 4.39 Å². The average Bonchev–Trinajstić information content (AvgIpc) is 2.27. The Kier molecular flexibility index (Phi) is 4.70. The second-order valence-corrected chi connectivity index (χ2v) is 3.48. The van der Waals surface area contributed by atoms with E-state index >= 15 is 0 Å². The molecule has 0 aliphatic carbocycles. The van der Waals surface area contributed by atoms with E-state index in [9.17, 15) is 23.7 Å². The summed E-state index contributed by atoms with van der Waals surface area (Å²) in [7, 11) is 1.13. The van der Waals surface area contributed by atoms with Crippen molar-refractivity contribution in [1.29, 1.82) is 0 Å². The number of hydrogen-bond donors (Lipinski definition) is 2. The first-order chi connectivity index (χ1) is 8.86. The quantitative estimate of drug-likeness (QED) is 0.601. The van der Waals surface area contributed by atoms with E-state index in [0.717, 1.165) is 7.11 Å². The number of halogens is 2. The van der Waals surface area contributed by atoms with Gasteiger partial charge in [0.25, 0.3) is 0 Å². The number of rotatable bonds is 6. The van der Waals surface area contributed by atoms with Gasteiger partial charge in [0.1, 0.15) is 11.5 Å². The number of nitrogens with zero attached hydrogens (tertiary/aromatic N) is 1. The van der Waals surface area contributed by atoms with E-state index in [0.29, 0.717) is 12.1 Å². The molecule has 0 bridgehead atoms. The Bertz CT molecular complexity index is 509. The lowest BCUT2D eigenvalue weighted by Gasteiger charge is -2.12. The van der Waals surface area contributed by atoms with Crippen molar-refractivity contribution >= 4 is 17.3 Å². The van der Waals surface area contributed by atoms with Gasteiger partial charge in [0, 0.05) is 19.2 Å². The van der Waals surface area contributed by atoms with Crippen LogP contribution in [-0.2, 0) is 9.53 Å². The highest BCUT2D eigenvalue weighted by Crippen LogP contribution is 2.28. The van der Waals surface area contributed by atoms with Crippen molar-refractivity contribution in [3.05, 3.63) is 33.9 Å². The van der Waals surface area contributed by atoms with E-state index in [1.807, 2.05) is 0 Å². The van der Waals surface area contributed by atoms with Crippen LogP contribution in [0.2, 0.25) is 0 Å². The molecule has 7 nitrogen and oxygen atoms in total. The van der Waals surface area contributed by atoms with E-state index in [1.54, 1.807) is 0 Å². The Balaban J connectivity index is 3.00. The van der Waals surface area contributed by atoms with Crippen molar-refractivity contribution in [3.8, 4) is 0 Å². The van der Waals surface area contributed by atoms with Crippen molar-refractivity contribution in [2.45, 2.75) is 6.10 Å². The molecule has 1 unspecified atom stereocenters. The van der Waals surface area contributed by atoms with Gasteiger partial charge in [-0.3, -0.25) is 10.1 Å². The maximum Gasteiger partial charge on any atom is 0.334 e. The number of hydrogen-bond acceptors (Lipinski definition) is 5. The Labute approximate surface area is 105 Å². The van der Waals surface area contributed by atoms with Crippen LogP contribution in [0.4, 0.5) is 20.2 Å². The minimum absolute atomic E-state index is 0.369. The van der Waals surface area contributed by atoms with Crippen LogP contribution >= 0.6 is 0 Å². The predicted molar refractivity (Wildman–Crippen MR) is 59.9 cm³/mol. The number of nitro benzene ring substituents is 1. The van der Waals surface area contributed by atoms with E-state index in [2.05, 4.69) is 10.1 Å². The Morgan fingerprint density at radius 3 is 2.68 bits per heavy atom. The summed E-state index contributed by atoms with van der Waals surface area (Å²) in [5, 5.41) is 21.6. The number of benzene rings is 1. The van der Waals surface area contributed by atoms with Crippen LogP contribution in [0.5, 0.6) is 0 Å². The van der Waals surface area contributed by atoms with Gasteiger partial charge in [-0.05, 0) is 0 Å². The van der Waals surface area contributed by atoms with Crippen molar-refractivity contribution in [2.24, 2.45) is 0 Å². The third-order valence-electron chi connectivity index (χ3n) is 2.25. The summed E-state index contributed by atoms with van der Waals surface area (Å²) in [6, 6.07) is 1.07. The smallest absolute Gasteiger partial charge is 0.334 e. The minimum atomic E-state index is -1.35. The topological polar surface area (TPSA) is 102 Å². The number of aliphatic carboxylic acids is 1. The largest absolute Gasteiger partial charge is 0.479 e. The Morgan fingerprint density at radius 2 is 2.21 bits per heavy atom. The minimum Gasteiger partial charge on any atom is -0.479 e. The number of nitro groups is 1. The van der Waals surface area contributed by atoms with Gasteiger partial charge in [-0.15, -0.1) is 0 Å². The molecule has 19 heavy (non-hydrogen) atoms. The van der Waals surface area contributed by atoms with Crippen LogP contribution in [0.25, 0.3) is 0 Å². The Hall–Kier alpha value is -2.29. The van der Waals surface area contributed by atoms with Crippen molar-refractivity contribution in [2.75, 3.05) is 19.0 Å². The van der Waals surface area contributed by atoms with Gasteiger partial charge < -0.3 is 15.2 Å². The van der Waals surface area contributed by atoms with Gasteiger partial charge in [-0.1, -0.05) is 0 Å². The van der Waals surface area contributed by atoms with Gasteiger partial charge in [-0.25, -0.2) is 9.18 Å². The highest BCUT2D eigenvalue weighted by molar-refractivity contribution is 5.73. The monoisotopic (exact) mass is 276 g/mol. The molecule has 0 spiro atoms. The zero-order valence-electron chi connectivity index (χ0n) is 9.72. The zero-order valence-corrected chi connectivity index (χ0v) is 9.72. The van der Waals surface area contributed by atoms with E-state index in [4.69, 9.17) is 5.11 Å². The zero-order chi connectivity index (χ0) is 14.6. The fraction of sp³-hybridized carbons (Fsp3) is 0.300. The molecule has 0 radical (unpaired) electrons. The number of methoxy groups -OCH3 is 1. The molecular weight excluding hydrogens is 266 g/mol. The molecule has 2 N–H and O–H groups in total. The lowest BCUT2D eigenvalue weighted by Crippen LogP contribution is -2.30. The molecule has 0 aliphatic heterocycles. The van der Waals surface area contributed by atoms with Crippen molar-refractivity contribution in [3.63, 3.8) is 0 Å². The maximum absolute atomic E-state index is 13.3. The van der Waals surface area contributed by atoms with Gasteiger partial charge in [0.15, 0.2) is 6.10 Å². The molecule has 1 aromatic rings. The fourth-order valence-corrected chi connectivity index (χ4v) is 1.36. The second kappa shape index (κ2) is 6.05. The molecule has 104 valence electrons. The molecule has 1 rings (SSSR count). The summed E-state index contributed by atoms with van der Waals surface area (Å²) in [4.78, 5) is 20.3. The predicted octanol–water partition coefficient (Wildman–Crippen LogP) is 1.38. The van der Waals surface area contributed by atoms with Gasteiger partial charge >= 0.3 is 11.7 Å². The third-order valence-corrected chi connectivity index (χ3v) is 2.25. The van der Waals surface area contributed by atoms with Crippen molar-refractivity contribution < 1.29 is 28.3 Å². The average molecular weight is 276 g/mol. The second-order valence-electron chi connectivity index (χ2n) is 3.48. The third kappa shape index (κ3) is 3.58. The normalized spacial score (nSPS) is 11.9. The van der Waals surface area contributed by atoms with Crippen LogP contribution in [0.15, 0.2) is 12.1 Å². The lowest BCUT2D eigenvalue weighted by atomic mass is 10.2. The molecule has 0 saturated heterocycles. The van der Waals surface area contributed by atoms with Crippen LogP contribution in [0.3, 0.4) is 0 Å². The first kappa shape index (κ1) is 14.8. The Morgan fingerprint density at radius 1 is 1.58 bits per heavy atom. The SMILES string of the molecule is COC(CNc1cc(F)cc(F)c1[N+](=O)[O-])C(=O)O. The van der Waals surface area contributed by atoms with Crippen LogP contribution in [0, 0.1) is 21.7 Å². The number of carboxylic acid groups (broad SMARTS) is 1. The van der Waals surface area contributed by atoms with Gasteiger partial charge in [0.2, 0.25) is 5.82 Å². The molecule has 1 aromatic carbocycles. The molecule has 0 aromatic heterocycles. The summed E-state index contributed by atoms with van der Waals surface area (Å²) in [5.41, 5.74) is -1.41. The maximum atomic E-state index is 13.3. The molecule has 1 atom stereocenters. The first-order valence-corrected chi connectivity index (χ1v) is 4.99. The molecule has 0 amide bonds. The number of anilines is 1. The standard InChI is InChI=1S/C10H10F2N2O5/c1-19-8(10(15)16)4-13-7-3-5(11)2-6(12)9(7)14(17)18/h2-3,8,13H,4H2,1H3,(H,15,16). The molecule has 0 fully saturated rings. The number of carbonyl (C=O) groups is 1. The number of nitrogens with one attached hydrogen (secondary N) is 1. The summed E-state index contributed by atoms with van der Waals surface area (Å²) < 4.78 is 30.8. The molecule has 0 aliphatic rings. The number of carboxylic acids is 1. The first-order valence-electron chi connectivity index (χ1n) is 4.99. The van der Waals surface area contributed by atoms with E-state index in [-0.39, 0.29) is 6.54 Å². The van der Waals surface area contributed by atoms with Gasteiger partial charge in [0.05, 0.1) is 11.5 Å². The van der Waals surface area contributed by atoms with E-state index < -0.39 is 40.0 Å². The highest BCUT2D eigenvalue weighted by Gasteiger charge is 2.24. The lowest BCUT2D eigenvalue weighted by molar-refractivity contribution is -0.386. The summed E-state index contributed by atoms with van der Waals surface area (Å²) in [6.07, 6.45) is -1.30. The molecule has 0 saturated carbocycles. The van der Waals surface area contributed by atoms with Crippen LogP contribution in [-0.4, -0.2) is 35.8 Å². The molecule has 0 heterocycles. The van der Waals surface area contributed by atoms with Crippen LogP contribution in [0.1, 0.15) is 0 Å². The molecular formula is C10H10F2N2O5. The summed E-state index contributed by atoms with van der Waals surface area (Å²) in [5.74, 6) is -3.68. The molecule has 9 heteroatoms. The van der Waals surface area contributed by atoms with Crippen molar-refractivity contribution in [1.82, 2.24) is 0 Å². The fourth-order valence-electron chi connectivity index (χ4n) is 1.36. The summed E-state index contributed by atoms with van der Waals surface area (Å²) in [6.45, 7) is -0.379.